The number of hydrogen-bond donors (Lipinski definition) is 1. The van der Waals surface area contributed by atoms with Gasteiger partial charge in [0.1, 0.15) is 5.01 Å². The number of hydrogen-bond acceptors (Lipinski definition) is 3. The van der Waals surface area contributed by atoms with Crippen molar-refractivity contribution in [2.75, 3.05) is 0 Å². The number of nitrogens with one attached hydrogen (secondary N) is 1. The standard InChI is InChI=1S/C12H11F3N2S/c1-7-6-18-11(17-7)5-16-4-8-2-9(13)12(15)10(14)3-8/h2-3,6,16H,4-5H2,1H3. The van der Waals surface area contributed by atoms with Crippen LogP contribution in [0, 0.1) is 24.4 Å². The summed E-state index contributed by atoms with van der Waals surface area (Å²) in [6, 6.07) is 1.97. The largest absolute Gasteiger partial charge is 0.306 e. The van der Waals surface area contributed by atoms with E-state index in [4.69, 9.17) is 0 Å². The average Bonchev–Trinajstić information content (AvgIpc) is 2.72. The maximum Gasteiger partial charge on any atom is 0.194 e. The van der Waals surface area contributed by atoms with Crippen molar-refractivity contribution in [1.29, 1.82) is 0 Å². The molecular formula is C12H11F3N2S. The van der Waals surface area contributed by atoms with Gasteiger partial charge in [0, 0.05) is 24.2 Å². The van der Waals surface area contributed by atoms with Gasteiger partial charge in [0.25, 0.3) is 0 Å². The summed E-state index contributed by atoms with van der Waals surface area (Å²) in [5, 5.41) is 5.82. The minimum absolute atomic E-state index is 0.257. The van der Waals surface area contributed by atoms with Crippen LogP contribution in [0.25, 0.3) is 0 Å². The third kappa shape index (κ3) is 3.08. The molecule has 0 amide bonds. The van der Waals surface area contributed by atoms with Crippen LogP contribution in [0.15, 0.2) is 17.5 Å². The van der Waals surface area contributed by atoms with Gasteiger partial charge in [-0.15, -0.1) is 11.3 Å². The van der Waals surface area contributed by atoms with E-state index in [2.05, 4.69) is 10.3 Å². The van der Waals surface area contributed by atoms with Gasteiger partial charge in [0.2, 0.25) is 0 Å². The number of nitrogens with zero attached hydrogens (tertiary/aromatic N) is 1. The zero-order valence-electron chi connectivity index (χ0n) is 9.64. The Kier molecular flexibility index (Phi) is 3.98. The molecule has 2 rings (SSSR count). The molecule has 0 unspecified atom stereocenters. The van der Waals surface area contributed by atoms with E-state index in [0.717, 1.165) is 22.8 Å². The number of aromatic nitrogens is 1. The lowest BCUT2D eigenvalue weighted by atomic mass is 10.2. The van der Waals surface area contributed by atoms with Crippen molar-refractivity contribution in [3.05, 3.63) is 51.2 Å². The van der Waals surface area contributed by atoms with Crippen LogP contribution in [0.3, 0.4) is 0 Å². The lowest BCUT2D eigenvalue weighted by molar-refractivity contribution is 0.444. The van der Waals surface area contributed by atoms with E-state index in [9.17, 15) is 13.2 Å². The molecule has 1 aromatic heterocycles. The van der Waals surface area contributed by atoms with Gasteiger partial charge in [-0.05, 0) is 24.6 Å². The second kappa shape index (κ2) is 5.49. The molecule has 96 valence electrons. The fourth-order valence-corrected chi connectivity index (χ4v) is 2.25. The van der Waals surface area contributed by atoms with Crippen LogP contribution in [-0.4, -0.2) is 4.98 Å². The molecule has 1 heterocycles. The van der Waals surface area contributed by atoms with Gasteiger partial charge in [-0.3, -0.25) is 0 Å². The highest BCUT2D eigenvalue weighted by Crippen LogP contribution is 2.14. The molecule has 18 heavy (non-hydrogen) atoms. The van der Waals surface area contributed by atoms with Crippen LogP contribution in [0.4, 0.5) is 13.2 Å². The van der Waals surface area contributed by atoms with E-state index in [1.54, 1.807) is 0 Å². The van der Waals surface area contributed by atoms with E-state index in [1.165, 1.54) is 11.3 Å². The number of thiazole rings is 1. The minimum Gasteiger partial charge on any atom is -0.306 e. The van der Waals surface area contributed by atoms with Crippen molar-refractivity contribution in [3.8, 4) is 0 Å². The Morgan fingerprint density at radius 3 is 2.39 bits per heavy atom. The molecule has 0 fully saturated rings. The summed E-state index contributed by atoms with van der Waals surface area (Å²) in [6.45, 7) is 2.66. The first kappa shape index (κ1) is 13.0. The zero-order valence-corrected chi connectivity index (χ0v) is 10.5. The monoisotopic (exact) mass is 272 g/mol. The molecule has 0 saturated carbocycles. The smallest absolute Gasteiger partial charge is 0.194 e. The van der Waals surface area contributed by atoms with E-state index in [1.807, 2.05) is 12.3 Å². The van der Waals surface area contributed by atoms with E-state index in [0.29, 0.717) is 12.1 Å². The molecule has 0 bridgehead atoms. The van der Waals surface area contributed by atoms with Crippen molar-refractivity contribution in [1.82, 2.24) is 10.3 Å². The van der Waals surface area contributed by atoms with Crippen molar-refractivity contribution in [3.63, 3.8) is 0 Å². The second-order valence-corrected chi connectivity index (χ2v) is 4.80. The van der Waals surface area contributed by atoms with Gasteiger partial charge in [0.05, 0.1) is 0 Å². The molecule has 0 aliphatic rings. The summed E-state index contributed by atoms with van der Waals surface area (Å²) in [6.07, 6.45) is 0. The highest BCUT2D eigenvalue weighted by molar-refractivity contribution is 7.09. The first-order valence-electron chi connectivity index (χ1n) is 5.31. The zero-order chi connectivity index (χ0) is 13.1. The fraction of sp³-hybridized carbons (Fsp3) is 0.250. The molecule has 2 aromatic rings. The van der Waals surface area contributed by atoms with E-state index in [-0.39, 0.29) is 6.54 Å². The molecule has 0 saturated heterocycles. The first-order valence-corrected chi connectivity index (χ1v) is 6.19. The summed E-state index contributed by atoms with van der Waals surface area (Å²) in [5.41, 5.74) is 1.30. The number of aryl methyl sites for hydroxylation is 1. The van der Waals surface area contributed by atoms with Crippen LogP contribution in [-0.2, 0) is 13.1 Å². The second-order valence-electron chi connectivity index (χ2n) is 3.86. The van der Waals surface area contributed by atoms with Gasteiger partial charge in [-0.25, -0.2) is 18.2 Å². The highest BCUT2D eigenvalue weighted by Gasteiger charge is 2.10. The predicted molar refractivity (Wildman–Crippen MR) is 63.7 cm³/mol. The van der Waals surface area contributed by atoms with Crippen LogP contribution < -0.4 is 5.32 Å². The molecule has 0 spiro atoms. The summed E-state index contributed by atoms with van der Waals surface area (Å²) in [4.78, 5) is 4.24. The molecule has 1 aromatic carbocycles. The highest BCUT2D eigenvalue weighted by atomic mass is 32.1. The lowest BCUT2D eigenvalue weighted by Gasteiger charge is -2.04. The van der Waals surface area contributed by atoms with Crippen molar-refractivity contribution >= 4 is 11.3 Å². The van der Waals surface area contributed by atoms with Crippen LogP contribution in [0.1, 0.15) is 16.3 Å². The molecule has 0 atom stereocenters. The Hall–Kier alpha value is -1.40. The first-order chi connectivity index (χ1) is 8.56. The minimum atomic E-state index is -1.44. The van der Waals surface area contributed by atoms with Crippen molar-refractivity contribution in [2.45, 2.75) is 20.0 Å². The molecule has 6 heteroatoms. The summed E-state index contributed by atoms with van der Waals surface area (Å²) >= 11 is 1.51. The van der Waals surface area contributed by atoms with E-state index >= 15 is 0 Å². The quantitative estimate of drug-likeness (QED) is 0.865. The Labute approximate surface area is 106 Å². The predicted octanol–water partition coefficient (Wildman–Crippen LogP) is 3.16. The van der Waals surface area contributed by atoms with Gasteiger partial charge in [-0.2, -0.15) is 0 Å². The number of halogens is 3. The van der Waals surface area contributed by atoms with Gasteiger partial charge >= 0.3 is 0 Å². The summed E-state index contributed by atoms with van der Waals surface area (Å²) in [5.74, 6) is -3.77. The summed E-state index contributed by atoms with van der Waals surface area (Å²) < 4.78 is 38.6. The van der Waals surface area contributed by atoms with Gasteiger partial charge < -0.3 is 5.32 Å². The molecular weight excluding hydrogens is 261 g/mol. The normalized spacial score (nSPS) is 10.9. The maximum atomic E-state index is 12.9. The third-order valence-corrected chi connectivity index (χ3v) is 3.28. The Morgan fingerprint density at radius 2 is 1.83 bits per heavy atom. The topological polar surface area (TPSA) is 24.9 Å². The van der Waals surface area contributed by atoms with Crippen molar-refractivity contribution in [2.24, 2.45) is 0 Å². The molecule has 2 nitrogen and oxygen atoms in total. The van der Waals surface area contributed by atoms with Crippen LogP contribution >= 0.6 is 11.3 Å². The van der Waals surface area contributed by atoms with Gasteiger partial charge in [-0.1, -0.05) is 0 Å². The molecule has 1 N–H and O–H groups in total. The molecule has 0 aliphatic carbocycles. The Morgan fingerprint density at radius 1 is 1.17 bits per heavy atom. The fourth-order valence-electron chi connectivity index (χ4n) is 1.51. The van der Waals surface area contributed by atoms with Gasteiger partial charge in [0.15, 0.2) is 17.5 Å². The van der Waals surface area contributed by atoms with Crippen LogP contribution in [0.5, 0.6) is 0 Å². The Balaban J connectivity index is 1.94. The maximum absolute atomic E-state index is 12.9. The van der Waals surface area contributed by atoms with Crippen LogP contribution in [0.2, 0.25) is 0 Å². The van der Waals surface area contributed by atoms with Crippen molar-refractivity contribution < 1.29 is 13.2 Å². The third-order valence-electron chi connectivity index (χ3n) is 2.32. The summed E-state index contributed by atoms with van der Waals surface area (Å²) in [7, 11) is 0. The number of rotatable bonds is 4. The molecule has 0 radical (unpaired) electrons. The molecule has 0 aliphatic heterocycles. The average molecular weight is 272 g/mol. The SMILES string of the molecule is Cc1csc(CNCc2cc(F)c(F)c(F)c2)n1. The Bertz CT molecular complexity index is 531. The van der Waals surface area contributed by atoms with E-state index < -0.39 is 17.5 Å². The number of benzene rings is 1. The lowest BCUT2D eigenvalue weighted by Crippen LogP contribution is -2.13.